The Morgan fingerprint density at radius 3 is 2.83 bits per heavy atom. The van der Waals surface area contributed by atoms with Crippen LogP contribution in [0.15, 0.2) is 40.8 Å². The summed E-state index contributed by atoms with van der Waals surface area (Å²) in [6.45, 7) is 2.02. The lowest BCUT2D eigenvalue weighted by molar-refractivity contribution is 0.0998. The minimum Gasteiger partial charge on any atom is -0.454 e. The number of para-hydroxylation sites is 1. The normalized spacial score (nSPS) is 12.6. The van der Waals surface area contributed by atoms with E-state index in [-0.39, 0.29) is 18.5 Å². The highest BCUT2D eigenvalue weighted by Crippen LogP contribution is 2.35. The summed E-state index contributed by atoms with van der Waals surface area (Å²) in [6.07, 6.45) is 0. The molecule has 2 aromatic carbocycles. The van der Waals surface area contributed by atoms with Gasteiger partial charge in [-0.05, 0) is 25.1 Å². The van der Waals surface area contributed by atoms with E-state index in [2.05, 4.69) is 5.32 Å². The molecule has 0 atom stereocenters. The second-order valence-electron chi connectivity index (χ2n) is 5.19. The van der Waals surface area contributed by atoms with Crippen LogP contribution in [-0.2, 0) is 0 Å². The predicted octanol–water partition coefficient (Wildman–Crippen LogP) is 4.38. The summed E-state index contributed by atoms with van der Waals surface area (Å²) >= 11 is 6.12. The molecule has 3 aromatic rings. The lowest BCUT2D eigenvalue weighted by Crippen LogP contribution is -2.12. The van der Waals surface area contributed by atoms with Crippen LogP contribution in [0.1, 0.15) is 16.1 Å². The molecule has 0 saturated carbocycles. The largest absolute Gasteiger partial charge is 0.454 e. The molecule has 0 spiro atoms. The van der Waals surface area contributed by atoms with E-state index >= 15 is 0 Å². The predicted molar refractivity (Wildman–Crippen MR) is 86.5 cm³/mol. The fraction of sp³-hybridized carbons (Fsp3) is 0.118. The number of hydrogen-bond donors (Lipinski definition) is 1. The van der Waals surface area contributed by atoms with Crippen molar-refractivity contribution in [2.24, 2.45) is 0 Å². The first-order valence-electron chi connectivity index (χ1n) is 7.02. The number of ether oxygens (including phenoxy) is 2. The van der Waals surface area contributed by atoms with Crippen LogP contribution < -0.4 is 14.8 Å². The fourth-order valence-electron chi connectivity index (χ4n) is 2.59. The average molecular weight is 330 g/mol. The molecule has 23 heavy (non-hydrogen) atoms. The molecule has 0 saturated heterocycles. The summed E-state index contributed by atoms with van der Waals surface area (Å²) in [6, 6.07) is 10.6. The maximum atomic E-state index is 12.5. The molecule has 0 fully saturated rings. The van der Waals surface area contributed by atoms with Gasteiger partial charge in [-0.15, -0.1) is 0 Å². The molecule has 0 aliphatic carbocycles. The van der Waals surface area contributed by atoms with Gasteiger partial charge < -0.3 is 19.2 Å². The Morgan fingerprint density at radius 1 is 1.17 bits per heavy atom. The Kier molecular flexibility index (Phi) is 3.16. The van der Waals surface area contributed by atoms with E-state index < -0.39 is 0 Å². The first-order chi connectivity index (χ1) is 11.1. The van der Waals surface area contributed by atoms with Crippen LogP contribution in [0.3, 0.4) is 0 Å². The smallest absolute Gasteiger partial charge is 0.291 e. The minimum atomic E-state index is -0.339. The summed E-state index contributed by atoms with van der Waals surface area (Å²) < 4.78 is 16.2. The molecule has 0 unspecified atom stereocenters. The highest BCUT2D eigenvalue weighted by Gasteiger charge is 2.20. The Hall–Kier alpha value is -2.66. The van der Waals surface area contributed by atoms with Crippen molar-refractivity contribution < 1.29 is 18.7 Å². The van der Waals surface area contributed by atoms with Gasteiger partial charge in [0.2, 0.25) is 6.79 Å². The van der Waals surface area contributed by atoms with E-state index in [0.717, 1.165) is 10.9 Å². The molecule has 1 amide bonds. The molecule has 1 aliphatic heterocycles. The third-order valence-corrected chi connectivity index (χ3v) is 4.05. The third kappa shape index (κ3) is 2.29. The van der Waals surface area contributed by atoms with Crippen LogP contribution in [0.4, 0.5) is 5.69 Å². The fourth-order valence-corrected chi connectivity index (χ4v) is 2.80. The molecular weight excluding hydrogens is 318 g/mol. The number of anilines is 1. The molecule has 2 heterocycles. The van der Waals surface area contributed by atoms with Gasteiger partial charge in [-0.3, -0.25) is 4.79 Å². The number of carbonyl (C=O) groups excluding carboxylic acids is 1. The molecule has 116 valence electrons. The van der Waals surface area contributed by atoms with Crippen LogP contribution in [-0.4, -0.2) is 12.7 Å². The standard InChI is InChI=1S/C17H12ClNO4/c1-9-11-3-2-4-12(18)16(11)23-15(9)17(20)19-10-5-6-13-14(7-10)22-8-21-13/h2-7H,8H2,1H3,(H,19,20). The Bertz CT molecular complexity index is 932. The van der Waals surface area contributed by atoms with Crippen molar-refractivity contribution >= 4 is 34.2 Å². The molecule has 0 radical (unpaired) electrons. The molecule has 0 bridgehead atoms. The van der Waals surface area contributed by atoms with Gasteiger partial charge in [-0.2, -0.15) is 0 Å². The van der Waals surface area contributed by atoms with Crippen LogP contribution in [0.2, 0.25) is 5.02 Å². The zero-order valence-corrected chi connectivity index (χ0v) is 12.9. The lowest BCUT2D eigenvalue weighted by Gasteiger charge is -2.05. The number of rotatable bonds is 2. The van der Waals surface area contributed by atoms with Crippen molar-refractivity contribution in [3.8, 4) is 11.5 Å². The first-order valence-corrected chi connectivity index (χ1v) is 7.40. The number of furan rings is 1. The lowest BCUT2D eigenvalue weighted by atomic mass is 10.1. The van der Waals surface area contributed by atoms with Gasteiger partial charge in [0.25, 0.3) is 5.91 Å². The topological polar surface area (TPSA) is 60.7 Å². The second kappa shape index (κ2) is 5.21. The molecule has 1 aromatic heterocycles. The van der Waals surface area contributed by atoms with Crippen molar-refractivity contribution in [2.45, 2.75) is 6.92 Å². The number of aryl methyl sites for hydroxylation is 1. The number of halogens is 1. The van der Waals surface area contributed by atoms with E-state index in [1.165, 1.54) is 0 Å². The Balaban J connectivity index is 1.67. The van der Waals surface area contributed by atoms with Crippen LogP contribution in [0.25, 0.3) is 11.0 Å². The SMILES string of the molecule is Cc1c(C(=O)Nc2ccc3c(c2)OCO3)oc2c(Cl)cccc12. The van der Waals surface area contributed by atoms with Crippen molar-refractivity contribution in [2.75, 3.05) is 12.1 Å². The number of amides is 1. The van der Waals surface area contributed by atoms with Crippen molar-refractivity contribution in [3.05, 3.63) is 52.7 Å². The van der Waals surface area contributed by atoms with Gasteiger partial charge in [0.15, 0.2) is 22.8 Å². The zero-order chi connectivity index (χ0) is 16.0. The molecule has 1 aliphatic rings. The second-order valence-corrected chi connectivity index (χ2v) is 5.60. The van der Waals surface area contributed by atoms with Gasteiger partial charge in [0.1, 0.15) is 0 Å². The number of carbonyl (C=O) groups is 1. The summed E-state index contributed by atoms with van der Waals surface area (Å²) in [5.74, 6) is 1.17. The van der Waals surface area contributed by atoms with Crippen molar-refractivity contribution in [1.82, 2.24) is 0 Å². The van der Waals surface area contributed by atoms with Crippen LogP contribution in [0.5, 0.6) is 11.5 Å². The maximum absolute atomic E-state index is 12.5. The Morgan fingerprint density at radius 2 is 2.00 bits per heavy atom. The van der Waals surface area contributed by atoms with Gasteiger partial charge in [-0.1, -0.05) is 23.7 Å². The molecule has 4 rings (SSSR count). The maximum Gasteiger partial charge on any atom is 0.291 e. The molecular formula is C17H12ClNO4. The summed E-state index contributed by atoms with van der Waals surface area (Å²) in [4.78, 5) is 12.5. The third-order valence-electron chi connectivity index (χ3n) is 3.75. The van der Waals surface area contributed by atoms with E-state index in [1.807, 2.05) is 19.1 Å². The molecule has 5 nitrogen and oxygen atoms in total. The first kappa shape index (κ1) is 14.0. The average Bonchev–Trinajstić information content (AvgIpc) is 3.13. The van der Waals surface area contributed by atoms with E-state index in [9.17, 15) is 4.79 Å². The quantitative estimate of drug-likeness (QED) is 0.758. The van der Waals surface area contributed by atoms with E-state index in [1.54, 1.807) is 24.3 Å². The number of nitrogens with one attached hydrogen (secondary N) is 1. The highest BCUT2D eigenvalue weighted by molar-refractivity contribution is 6.35. The Labute approximate surface area is 136 Å². The summed E-state index contributed by atoms with van der Waals surface area (Å²) in [7, 11) is 0. The van der Waals surface area contributed by atoms with Gasteiger partial charge in [-0.25, -0.2) is 0 Å². The van der Waals surface area contributed by atoms with Crippen LogP contribution in [0, 0.1) is 6.92 Å². The van der Waals surface area contributed by atoms with E-state index in [0.29, 0.717) is 27.8 Å². The zero-order valence-electron chi connectivity index (χ0n) is 12.2. The molecule has 1 N–H and O–H groups in total. The highest BCUT2D eigenvalue weighted by atomic mass is 35.5. The number of fused-ring (bicyclic) bond motifs is 2. The van der Waals surface area contributed by atoms with E-state index in [4.69, 9.17) is 25.5 Å². The monoisotopic (exact) mass is 329 g/mol. The summed E-state index contributed by atoms with van der Waals surface area (Å²) in [5.41, 5.74) is 1.87. The number of benzene rings is 2. The van der Waals surface area contributed by atoms with Crippen molar-refractivity contribution in [3.63, 3.8) is 0 Å². The minimum absolute atomic E-state index is 0.188. The number of hydrogen-bond acceptors (Lipinski definition) is 4. The molecule has 6 heteroatoms. The van der Waals surface area contributed by atoms with Gasteiger partial charge in [0, 0.05) is 22.7 Å². The summed E-state index contributed by atoms with van der Waals surface area (Å²) in [5, 5.41) is 4.10. The van der Waals surface area contributed by atoms with Crippen molar-refractivity contribution in [1.29, 1.82) is 0 Å². The van der Waals surface area contributed by atoms with Crippen LogP contribution >= 0.6 is 11.6 Å². The van der Waals surface area contributed by atoms with Gasteiger partial charge in [0.05, 0.1) is 5.02 Å². The van der Waals surface area contributed by atoms with Gasteiger partial charge >= 0.3 is 0 Å².